The van der Waals surface area contributed by atoms with Gasteiger partial charge in [0.1, 0.15) is 12.1 Å². The van der Waals surface area contributed by atoms with E-state index in [1.807, 2.05) is 25.1 Å². The minimum absolute atomic E-state index is 0.539. The van der Waals surface area contributed by atoms with E-state index in [-0.39, 0.29) is 0 Å². The number of aryl methyl sites for hydroxylation is 1. The van der Waals surface area contributed by atoms with Gasteiger partial charge >= 0.3 is 0 Å². The van der Waals surface area contributed by atoms with Gasteiger partial charge in [-0.05, 0) is 18.1 Å². The maximum atomic E-state index is 5.78. The topological polar surface area (TPSA) is 55.1 Å². The number of benzene rings is 1. The zero-order valence-corrected chi connectivity index (χ0v) is 11.8. The highest BCUT2D eigenvalue weighted by molar-refractivity contribution is 6.17. The number of alkyl halides is 1. The van der Waals surface area contributed by atoms with Crippen LogP contribution in [0.5, 0.6) is 0 Å². The normalized spacial score (nSPS) is 10.9. The minimum Gasteiger partial charge on any atom is -0.366 e. The van der Waals surface area contributed by atoms with Crippen molar-refractivity contribution >= 4 is 23.2 Å². The SMILES string of the molecule is Cc1cc(NCc2ccc(CCl)cc2)n2ncnc2n1. The quantitative estimate of drug-likeness (QED) is 0.750. The molecule has 0 spiro atoms. The zero-order valence-electron chi connectivity index (χ0n) is 11.0. The number of anilines is 1. The maximum absolute atomic E-state index is 5.78. The van der Waals surface area contributed by atoms with E-state index in [0.29, 0.717) is 18.2 Å². The summed E-state index contributed by atoms with van der Waals surface area (Å²) in [5.74, 6) is 2.02. The zero-order chi connectivity index (χ0) is 13.9. The molecule has 3 rings (SSSR count). The Morgan fingerprint density at radius 2 is 1.95 bits per heavy atom. The molecule has 1 N–H and O–H groups in total. The molecule has 1 aromatic carbocycles. The van der Waals surface area contributed by atoms with E-state index >= 15 is 0 Å². The van der Waals surface area contributed by atoms with Gasteiger partial charge in [-0.2, -0.15) is 14.6 Å². The predicted molar refractivity (Wildman–Crippen MR) is 78.8 cm³/mol. The van der Waals surface area contributed by atoms with Gasteiger partial charge in [-0.3, -0.25) is 0 Å². The van der Waals surface area contributed by atoms with Crippen LogP contribution in [0.2, 0.25) is 0 Å². The van der Waals surface area contributed by atoms with Crippen molar-refractivity contribution in [3.05, 3.63) is 53.5 Å². The molecule has 0 amide bonds. The van der Waals surface area contributed by atoms with Crippen molar-refractivity contribution in [2.24, 2.45) is 0 Å². The molecule has 0 saturated carbocycles. The summed E-state index contributed by atoms with van der Waals surface area (Å²) in [5, 5.41) is 7.52. The third kappa shape index (κ3) is 2.58. The summed E-state index contributed by atoms with van der Waals surface area (Å²) in [7, 11) is 0. The van der Waals surface area contributed by atoms with E-state index < -0.39 is 0 Å². The third-order valence-corrected chi connectivity index (χ3v) is 3.34. The molecule has 6 heteroatoms. The number of hydrogen-bond acceptors (Lipinski definition) is 4. The number of aromatic nitrogens is 4. The number of fused-ring (bicyclic) bond motifs is 1. The molecule has 0 saturated heterocycles. The smallest absolute Gasteiger partial charge is 0.254 e. The van der Waals surface area contributed by atoms with Crippen LogP contribution in [-0.4, -0.2) is 19.6 Å². The molecule has 0 aliphatic heterocycles. The number of nitrogens with zero attached hydrogens (tertiary/aromatic N) is 4. The van der Waals surface area contributed by atoms with E-state index in [2.05, 4.69) is 32.5 Å². The average molecular weight is 288 g/mol. The van der Waals surface area contributed by atoms with Crippen molar-refractivity contribution in [1.29, 1.82) is 0 Å². The van der Waals surface area contributed by atoms with E-state index in [0.717, 1.165) is 17.1 Å². The molecule has 102 valence electrons. The Morgan fingerprint density at radius 1 is 1.20 bits per heavy atom. The van der Waals surface area contributed by atoms with Gasteiger partial charge in [0, 0.05) is 24.2 Å². The first-order valence-electron chi connectivity index (χ1n) is 6.31. The molecule has 3 aromatic rings. The second kappa shape index (κ2) is 5.46. The lowest BCUT2D eigenvalue weighted by Gasteiger charge is -2.09. The Balaban J connectivity index is 1.80. The third-order valence-electron chi connectivity index (χ3n) is 3.03. The largest absolute Gasteiger partial charge is 0.366 e. The summed E-state index contributed by atoms with van der Waals surface area (Å²) < 4.78 is 1.69. The number of rotatable bonds is 4. The monoisotopic (exact) mass is 287 g/mol. The first-order chi connectivity index (χ1) is 9.76. The molecular formula is C14H14ClN5. The lowest BCUT2D eigenvalue weighted by Crippen LogP contribution is -2.06. The maximum Gasteiger partial charge on any atom is 0.254 e. The molecule has 0 aliphatic carbocycles. The van der Waals surface area contributed by atoms with Crippen molar-refractivity contribution in [2.75, 3.05) is 5.32 Å². The van der Waals surface area contributed by atoms with Gasteiger partial charge in [0.2, 0.25) is 0 Å². The highest BCUT2D eigenvalue weighted by atomic mass is 35.5. The van der Waals surface area contributed by atoms with Gasteiger partial charge in [-0.15, -0.1) is 11.6 Å². The van der Waals surface area contributed by atoms with Crippen LogP contribution in [-0.2, 0) is 12.4 Å². The molecule has 2 heterocycles. The molecule has 0 aliphatic rings. The average Bonchev–Trinajstić information content (AvgIpc) is 2.93. The summed E-state index contributed by atoms with van der Waals surface area (Å²) in [6.45, 7) is 2.65. The lowest BCUT2D eigenvalue weighted by molar-refractivity contribution is 0.916. The number of halogens is 1. The fourth-order valence-corrected chi connectivity index (χ4v) is 2.17. The van der Waals surface area contributed by atoms with Crippen LogP contribution in [0, 0.1) is 6.92 Å². The standard InChI is InChI=1S/C14H14ClN5/c1-10-6-13(20-14(19-10)17-9-18-20)16-8-12-4-2-11(7-15)3-5-12/h2-6,9,16H,7-8H2,1H3. The Bertz CT molecular complexity index is 720. The second-order valence-electron chi connectivity index (χ2n) is 4.56. The van der Waals surface area contributed by atoms with Crippen LogP contribution in [0.3, 0.4) is 0 Å². The summed E-state index contributed by atoms with van der Waals surface area (Å²) in [6.07, 6.45) is 1.50. The summed E-state index contributed by atoms with van der Waals surface area (Å²) >= 11 is 5.78. The van der Waals surface area contributed by atoms with Gasteiger partial charge in [-0.1, -0.05) is 24.3 Å². The van der Waals surface area contributed by atoms with Crippen molar-refractivity contribution in [2.45, 2.75) is 19.3 Å². The molecule has 0 unspecified atom stereocenters. The molecule has 5 nitrogen and oxygen atoms in total. The van der Waals surface area contributed by atoms with Crippen LogP contribution < -0.4 is 5.32 Å². The Kier molecular flexibility index (Phi) is 3.52. The molecular weight excluding hydrogens is 274 g/mol. The molecule has 20 heavy (non-hydrogen) atoms. The van der Waals surface area contributed by atoms with Gasteiger partial charge in [0.15, 0.2) is 0 Å². The number of nitrogens with one attached hydrogen (secondary N) is 1. The van der Waals surface area contributed by atoms with Crippen molar-refractivity contribution in [1.82, 2.24) is 19.6 Å². The van der Waals surface area contributed by atoms with Crippen LogP contribution in [0.15, 0.2) is 36.7 Å². The Morgan fingerprint density at radius 3 is 2.70 bits per heavy atom. The predicted octanol–water partition coefficient (Wildman–Crippen LogP) is 2.78. The van der Waals surface area contributed by atoms with Gasteiger partial charge < -0.3 is 5.32 Å². The molecule has 0 atom stereocenters. The van der Waals surface area contributed by atoms with Gasteiger partial charge in [0.05, 0.1) is 0 Å². The Hall–Kier alpha value is -2.14. The summed E-state index contributed by atoms with van der Waals surface area (Å²) in [4.78, 5) is 8.41. The number of hydrogen-bond donors (Lipinski definition) is 1. The highest BCUT2D eigenvalue weighted by Crippen LogP contribution is 2.13. The first kappa shape index (κ1) is 12.9. The van der Waals surface area contributed by atoms with Gasteiger partial charge in [0.25, 0.3) is 5.78 Å². The van der Waals surface area contributed by atoms with E-state index in [9.17, 15) is 0 Å². The molecule has 0 radical (unpaired) electrons. The molecule has 2 aromatic heterocycles. The molecule has 0 fully saturated rings. The van der Waals surface area contributed by atoms with Crippen molar-refractivity contribution in [3.63, 3.8) is 0 Å². The highest BCUT2D eigenvalue weighted by Gasteiger charge is 2.05. The van der Waals surface area contributed by atoms with Crippen LogP contribution in [0.25, 0.3) is 5.78 Å². The molecule has 0 bridgehead atoms. The van der Waals surface area contributed by atoms with Crippen LogP contribution in [0.1, 0.15) is 16.8 Å². The summed E-state index contributed by atoms with van der Waals surface area (Å²) in [5.41, 5.74) is 3.21. The van der Waals surface area contributed by atoms with Gasteiger partial charge in [-0.25, -0.2) is 4.98 Å². The minimum atomic E-state index is 0.539. The van der Waals surface area contributed by atoms with Crippen molar-refractivity contribution in [3.8, 4) is 0 Å². The van der Waals surface area contributed by atoms with E-state index in [4.69, 9.17) is 11.6 Å². The second-order valence-corrected chi connectivity index (χ2v) is 4.83. The lowest BCUT2D eigenvalue weighted by atomic mass is 10.1. The fraction of sp³-hybridized carbons (Fsp3) is 0.214. The first-order valence-corrected chi connectivity index (χ1v) is 6.85. The van der Waals surface area contributed by atoms with Crippen LogP contribution in [0.4, 0.5) is 5.82 Å². The van der Waals surface area contributed by atoms with E-state index in [1.54, 1.807) is 4.52 Å². The van der Waals surface area contributed by atoms with E-state index in [1.165, 1.54) is 11.9 Å². The fourth-order valence-electron chi connectivity index (χ4n) is 2.00. The van der Waals surface area contributed by atoms with Crippen LogP contribution >= 0.6 is 11.6 Å². The summed E-state index contributed by atoms with van der Waals surface area (Å²) in [6, 6.07) is 10.2. The van der Waals surface area contributed by atoms with Crippen molar-refractivity contribution < 1.29 is 0 Å². The Labute approximate surface area is 121 Å².